The Labute approximate surface area is 107 Å². The molecule has 2 N–H and O–H groups in total. The third kappa shape index (κ3) is 2.40. The number of fused-ring (bicyclic) bond motifs is 1. The molecule has 0 saturated carbocycles. The average molecular weight is 245 g/mol. The summed E-state index contributed by atoms with van der Waals surface area (Å²) in [7, 11) is 0. The number of carboxylic acid groups (broad SMARTS) is 1. The minimum absolute atomic E-state index is 0.246. The van der Waals surface area contributed by atoms with Crippen LogP contribution in [0.1, 0.15) is 26.3 Å². The molecule has 0 bridgehead atoms. The quantitative estimate of drug-likeness (QED) is 0.870. The van der Waals surface area contributed by atoms with Crippen molar-refractivity contribution in [1.29, 1.82) is 0 Å². The van der Waals surface area contributed by atoms with Crippen molar-refractivity contribution >= 4 is 16.9 Å². The Balaban J connectivity index is 2.35. The van der Waals surface area contributed by atoms with E-state index in [0.717, 1.165) is 16.5 Å². The van der Waals surface area contributed by atoms with Crippen LogP contribution in [0.5, 0.6) is 0 Å². The zero-order valence-electron chi connectivity index (χ0n) is 11.0. The van der Waals surface area contributed by atoms with Gasteiger partial charge in [-0.15, -0.1) is 0 Å². The molecule has 0 spiro atoms. The van der Waals surface area contributed by atoms with Crippen LogP contribution in [0.25, 0.3) is 10.9 Å². The van der Waals surface area contributed by atoms with Crippen LogP contribution in [0, 0.1) is 11.3 Å². The van der Waals surface area contributed by atoms with Gasteiger partial charge in [-0.1, -0.05) is 39.0 Å². The molecule has 0 fully saturated rings. The highest BCUT2D eigenvalue weighted by Crippen LogP contribution is 2.31. The van der Waals surface area contributed by atoms with E-state index in [-0.39, 0.29) is 11.3 Å². The summed E-state index contributed by atoms with van der Waals surface area (Å²) in [6.45, 7) is 5.92. The number of aromatic nitrogens is 1. The second-order valence-corrected chi connectivity index (χ2v) is 5.82. The number of carboxylic acids is 1. The minimum atomic E-state index is -0.729. The highest BCUT2D eigenvalue weighted by Gasteiger charge is 2.31. The van der Waals surface area contributed by atoms with Gasteiger partial charge in [0, 0.05) is 17.1 Å². The molecule has 0 unspecified atom stereocenters. The summed E-state index contributed by atoms with van der Waals surface area (Å²) in [5, 5.41) is 10.5. The van der Waals surface area contributed by atoms with Crippen molar-refractivity contribution < 1.29 is 9.90 Å². The van der Waals surface area contributed by atoms with Gasteiger partial charge in [0.05, 0.1) is 5.92 Å². The molecule has 0 saturated heterocycles. The maximum atomic E-state index is 11.4. The lowest BCUT2D eigenvalue weighted by Gasteiger charge is -2.26. The molecule has 1 aromatic heterocycles. The Hall–Kier alpha value is -1.77. The van der Waals surface area contributed by atoms with E-state index in [4.69, 9.17) is 0 Å². The van der Waals surface area contributed by atoms with E-state index in [0.29, 0.717) is 6.42 Å². The third-order valence-corrected chi connectivity index (χ3v) is 3.44. The third-order valence-electron chi connectivity index (χ3n) is 3.44. The predicted octanol–water partition coefficient (Wildman–Crippen LogP) is 3.46. The monoisotopic (exact) mass is 245 g/mol. The van der Waals surface area contributed by atoms with E-state index in [9.17, 15) is 9.90 Å². The second kappa shape index (κ2) is 4.48. The van der Waals surface area contributed by atoms with Crippen molar-refractivity contribution in [2.75, 3.05) is 0 Å². The van der Waals surface area contributed by atoms with E-state index in [2.05, 4.69) is 4.98 Å². The molecule has 0 aliphatic rings. The molecule has 0 aliphatic heterocycles. The highest BCUT2D eigenvalue weighted by atomic mass is 16.4. The summed E-state index contributed by atoms with van der Waals surface area (Å²) in [5.41, 5.74) is 1.89. The minimum Gasteiger partial charge on any atom is -0.481 e. The molecule has 0 amide bonds. The first-order chi connectivity index (χ1) is 8.39. The van der Waals surface area contributed by atoms with Gasteiger partial charge in [0.2, 0.25) is 0 Å². The topological polar surface area (TPSA) is 53.1 Å². The Kier molecular flexibility index (Phi) is 3.16. The van der Waals surface area contributed by atoms with Crippen LogP contribution in [0.2, 0.25) is 0 Å². The Morgan fingerprint density at radius 1 is 1.33 bits per heavy atom. The number of aromatic amines is 1. The smallest absolute Gasteiger partial charge is 0.307 e. The van der Waals surface area contributed by atoms with Crippen LogP contribution < -0.4 is 0 Å². The molecule has 1 atom stereocenters. The lowest BCUT2D eigenvalue weighted by Crippen LogP contribution is -2.30. The lowest BCUT2D eigenvalue weighted by atomic mass is 9.77. The van der Waals surface area contributed by atoms with Crippen molar-refractivity contribution in [3.05, 3.63) is 36.0 Å². The van der Waals surface area contributed by atoms with E-state index in [1.807, 2.05) is 51.2 Å². The fraction of sp³-hybridized carbons (Fsp3) is 0.400. The first kappa shape index (κ1) is 12.7. The molecular weight excluding hydrogens is 226 g/mol. The van der Waals surface area contributed by atoms with Gasteiger partial charge >= 0.3 is 5.97 Å². The zero-order valence-corrected chi connectivity index (χ0v) is 11.0. The SMILES string of the molecule is CC(C)(C)[C@@H](Cc1c[nH]c2ccccc12)C(=O)O. The zero-order chi connectivity index (χ0) is 13.3. The normalized spacial score (nSPS) is 13.7. The number of aliphatic carboxylic acids is 1. The molecular formula is C15H19NO2. The fourth-order valence-electron chi connectivity index (χ4n) is 2.28. The number of nitrogens with one attached hydrogen (secondary N) is 1. The molecule has 2 rings (SSSR count). The number of benzene rings is 1. The molecule has 2 aromatic rings. The molecule has 1 aromatic carbocycles. The fourth-order valence-corrected chi connectivity index (χ4v) is 2.28. The van der Waals surface area contributed by atoms with Gasteiger partial charge in [-0.05, 0) is 23.5 Å². The summed E-state index contributed by atoms with van der Waals surface area (Å²) >= 11 is 0. The van der Waals surface area contributed by atoms with E-state index in [1.54, 1.807) is 0 Å². The highest BCUT2D eigenvalue weighted by molar-refractivity contribution is 5.84. The van der Waals surface area contributed by atoms with Crippen LogP contribution in [-0.2, 0) is 11.2 Å². The number of H-pyrrole nitrogens is 1. The van der Waals surface area contributed by atoms with Crippen molar-refractivity contribution in [2.45, 2.75) is 27.2 Å². The van der Waals surface area contributed by atoms with E-state index in [1.165, 1.54) is 0 Å². The molecule has 96 valence electrons. The predicted molar refractivity (Wildman–Crippen MR) is 72.6 cm³/mol. The van der Waals surface area contributed by atoms with Crippen LogP contribution in [-0.4, -0.2) is 16.1 Å². The number of rotatable bonds is 3. The number of hydrogen-bond acceptors (Lipinski definition) is 1. The second-order valence-electron chi connectivity index (χ2n) is 5.82. The van der Waals surface area contributed by atoms with Crippen LogP contribution in [0.3, 0.4) is 0 Å². The van der Waals surface area contributed by atoms with Gasteiger partial charge in [-0.3, -0.25) is 4.79 Å². The van der Waals surface area contributed by atoms with Gasteiger partial charge in [0.25, 0.3) is 0 Å². The Bertz CT molecular complexity index is 563. The Morgan fingerprint density at radius 3 is 2.61 bits per heavy atom. The summed E-state index contributed by atoms with van der Waals surface area (Å²) in [6.07, 6.45) is 2.48. The van der Waals surface area contributed by atoms with E-state index >= 15 is 0 Å². The maximum Gasteiger partial charge on any atom is 0.307 e. The number of hydrogen-bond donors (Lipinski definition) is 2. The van der Waals surface area contributed by atoms with Crippen molar-refractivity contribution in [2.24, 2.45) is 11.3 Å². The van der Waals surface area contributed by atoms with Crippen LogP contribution in [0.15, 0.2) is 30.5 Å². The van der Waals surface area contributed by atoms with Gasteiger partial charge in [-0.2, -0.15) is 0 Å². The number of carbonyl (C=O) groups is 1. The molecule has 3 nitrogen and oxygen atoms in total. The molecule has 1 heterocycles. The first-order valence-electron chi connectivity index (χ1n) is 6.17. The molecule has 3 heteroatoms. The number of para-hydroxylation sites is 1. The average Bonchev–Trinajstić information content (AvgIpc) is 2.67. The lowest BCUT2D eigenvalue weighted by molar-refractivity contribution is -0.145. The first-order valence-corrected chi connectivity index (χ1v) is 6.17. The molecule has 0 aliphatic carbocycles. The van der Waals surface area contributed by atoms with E-state index < -0.39 is 5.97 Å². The van der Waals surface area contributed by atoms with Crippen molar-refractivity contribution in [3.8, 4) is 0 Å². The summed E-state index contributed by atoms with van der Waals surface area (Å²) in [4.78, 5) is 14.6. The summed E-state index contributed by atoms with van der Waals surface area (Å²) in [6, 6.07) is 7.99. The van der Waals surface area contributed by atoms with Gasteiger partial charge in [0.15, 0.2) is 0 Å². The molecule has 18 heavy (non-hydrogen) atoms. The maximum absolute atomic E-state index is 11.4. The van der Waals surface area contributed by atoms with Gasteiger partial charge < -0.3 is 10.1 Å². The summed E-state index contributed by atoms with van der Waals surface area (Å²) < 4.78 is 0. The van der Waals surface area contributed by atoms with Crippen LogP contribution >= 0.6 is 0 Å². The van der Waals surface area contributed by atoms with Crippen molar-refractivity contribution in [3.63, 3.8) is 0 Å². The van der Waals surface area contributed by atoms with Crippen LogP contribution in [0.4, 0.5) is 0 Å². The van der Waals surface area contributed by atoms with Gasteiger partial charge in [-0.25, -0.2) is 0 Å². The Morgan fingerprint density at radius 2 is 2.00 bits per heavy atom. The largest absolute Gasteiger partial charge is 0.481 e. The van der Waals surface area contributed by atoms with Gasteiger partial charge in [0.1, 0.15) is 0 Å². The molecule has 0 radical (unpaired) electrons. The standard InChI is InChI=1S/C15H19NO2/c1-15(2,3)12(14(17)18)8-10-9-16-13-7-5-4-6-11(10)13/h4-7,9,12,16H,8H2,1-3H3,(H,17,18)/t12-/m0/s1. The van der Waals surface area contributed by atoms with Crippen molar-refractivity contribution in [1.82, 2.24) is 4.98 Å². The summed E-state index contributed by atoms with van der Waals surface area (Å²) in [5.74, 6) is -1.11.